The molecule has 0 unspecified atom stereocenters. The van der Waals surface area contributed by atoms with Gasteiger partial charge in [0.2, 0.25) is 0 Å². The van der Waals surface area contributed by atoms with E-state index in [0.717, 1.165) is 12.4 Å². The second-order valence-electron chi connectivity index (χ2n) is 3.74. The zero-order valence-corrected chi connectivity index (χ0v) is 9.56. The van der Waals surface area contributed by atoms with Crippen LogP contribution in [0.2, 0.25) is 0 Å². The lowest BCUT2D eigenvalue weighted by molar-refractivity contribution is 0.0989. The number of benzene rings is 1. The van der Waals surface area contributed by atoms with E-state index in [2.05, 4.69) is 4.98 Å². The number of aromatic nitrogens is 2. The van der Waals surface area contributed by atoms with E-state index in [-0.39, 0.29) is 18.0 Å². The number of aryl methyl sites for hydroxylation is 1. The fourth-order valence-corrected chi connectivity index (χ4v) is 1.68. The summed E-state index contributed by atoms with van der Waals surface area (Å²) in [6.45, 7) is 2.78. The largest absolute Gasteiger partial charge is 0.335 e. The minimum Gasteiger partial charge on any atom is -0.335 e. The van der Waals surface area contributed by atoms with Gasteiger partial charge in [0.25, 0.3) is 0 Å². The summed E-state index contributed by atoms with van der Waals surface area (Å²) in [5.74, 6) is 0.351. The van der Waals surface area contributed by atoms with Gasteiger partial charge in [-0.05, 0) is 31.2 Å². The molecule has 4 heteroatoms. The van der Waals surface area contributed by atoms with Crippen molar-refractivity contribution in [2.24, 2.45) is 0 Å². The highest BCUT2D eigenvalue weighted by Gasteiger charge is 2.10. The Morgan fingerprint density at radius 2 is 2.06 bits per heavy atom. The number of carbonyl (C=O) groups is 1. The Bertz CT molecular complexity index is 516. The van der Waals surface area contributed by atoms with E-state index in [0.29, 0.717) is 5.56 Å². The van der Waals surface area contributed by atoms with E-state index in [1.807, 2.05) is 17.7 Å². The summed E-state index contributed by atoms with van der Waals surface area (Å²) in [4.78, 5) is 16.1. The molecule has 0 atom stereocenters. The second kappa shape index (κ2) is 4.91. The first-order valence-electron chi connectivity index (χ1n) is 5.49. The Morgan fingerprint density at radius 3 is 2.71 bits per heavy atom. The number of rotatable bonds is 4. The van der Waals surface area contributed by atoms with Crippen LogP contribution in [-0.2, 0) is 13.0 Å². The first kappa shape index (κ1) is 11.5. The topological polar surface area (TPSA) is 34.9 Å². The molecule has 1 heterocycles. The van der Waals surface area contributed by atoms with Crippen LogP contribution >= 0.6 is 0 Å². The molecule has 0 aliphatic heterocycles. The van der Waals surface area contributed by atoms with Crippen molar-refractivity contribution in [3.63, 3.8) is 0 Å². The molecule has 17 heavy (non-hydrogen) atoms. The normalized spacial score (nSPS) is 10.5. The second-order valence-corrected chi connectivity index (χ2v) is 3.74. The van der Waals surface area contributed by atoms with Gasteiger partial charge in [0.15, 0.2) is 5.78 Å². The van der Waals surface area contributed by atoms with Crippen molar-refractivity contribution >= 4 is 5.78 Å². The summed E-state index contributed by atoms with van der Waals surface area (Å²) in [6.07, 6.45) is 3.76. The molecule has 1 aromatic heterocycles. The van der Waals surface area contributed by atoms with Crippen molar-refractivity contribution in [2.75, 3.05) is 0 Å². The van der Waals surface area contributed by atoms with Crippen LogP contribution in [0, 0.1) is 5.82 Å². The first-order chi connectivity index (χ1) is 8.20. The number of hydrogen-bond acceptors (Lipinski definition) is 2. The molecular formula is C13H13FN2O. The summed E-state index contributed by atoms with van der Waals surface area (Å²) in [5.41, 5.74) is 0.511. The number of Topliss-reactive ketones (excluding diaryl/α,β-unsaturated/α-hetero) is 1. The highest BCUT2D eigenvalue weighted by molar-refractivity contribution is 5.97. The molecule has 3 nitrogen and oxygen atoms in total. The van der Waals surface area contributed by atoms with Gasteiger partial charge < -0.3 is 4.57 Å². The van der Waals surface area contributed by atoms with Gasteiger partial charge in [-0.15, -0.1) is 0 Å². The summed E-state index contributed by atoms with van der Waals surface area (Å²) in [6, 6.07) is 5.58. The minimum absolute atomic E-state index is 0.0501. The number of imidazole rings is 1. The maximum absolute atomic E-state index is 12.7. The third-order valence-electron chi connectivity index (χ3n) is 2.63. The fourth-order valence-electron chi connectivity index (χ4n) is 1.68. The van der Waals surface area contributed by atoms with Crippen LogP contribution in [0.4, 0.5) is 4.39 Å². The maximum Gasteiger partial charge on any atom is 0.170 e. The van der Waals surface area contributed by atoms with Gasteiger partial charge in [-0.3, -0.25) is 4.79 Å². The maximum atomic E-state index is 12.7. The Balaban J connectivity index is 2.14. The zero-order valence-electron chi connectivity index (χ0n) is 9.56. The Hall–Kier alpha value is -1.97. The molecule has 88 valence electrons. The third kappa shape index (κ3) is 2.58. The van der Waals surface area contributed by atoms with Gasteiger partial charge in [0.1, 0.15) is 11.6 Å². The van der Waals surface area contributed by atoms with Crippen molar-refractivity contribution in [2.45, 2.75) is 19.9 Å². The quantitative estimate of drug-likeness (QED) is 0.759. The third-order valence-corrected chi connectivity index (χ3v) is 2.63. The van der Waals surface area contributed by atoms with E-state index in [1.54, 1.807) is 6.20 Å². The van der Waals surface area contributed by atoms with Crippen LogP contribution in [0.5, 0.6) is 0 Å². The van der Waals surface area contributed by atoms with Gasteiger partial charge in [-0.2, -0.15) is 0 Å². The van der Waals surface area contributed by atoms with Crippen LogP contribution in [0.3, 0.4) is 0 Å². The predicted molar refractivity (Wildman–Crippen MR) is 62.3 cm³/mol. The fraction of sp³-hybridized carbons (Fsp3) is 0.231. The van der Waals surface area contributed by atoms with Crippen LogP contribution in [0.15, 0.2) is 36.7 Å². The van der Waals surface area contributed by atoms with Crippen molar-refractivity contribution in [1.29, 1.82) is 0 Å². The van der Waals surface area contributed by atoms with E-state index in [4.69, 9.17) is 0 Å². The van der Waals surface area contributed by atoms with E-state index >= 15 is 0 Å². The SMILES string of the molecule is CCn1ccnc1CC(=O)c1ccc(F)cc1. The van der Waals surface area contributed by atoms with E-state index in [1.165, 1.54) is 24.3 Å². The number of carbonyl (C=O) groups excluding carboxylic acids is 1. The van der Waals surface area contributed by atoms with Gasteiger partial charge >= 0.3 is 0 Å². The van der Waals surface area contributed by atoms with Gasteiger partial charge in [-0.1, -0.05) is 0 Å². The average Bonchev–Trinajstić information content (AvgIpc) is 2.77. The van der Waals surface area contributed by atoms with Gasteiger partial charge in [0, 0.05) is 24.5 Å². The number of halogens is 1. The molecular weight excluding hydrogens is 219 g/mol. The Kier molecular flexibility index (Phi) is 3.32. The molecule has 0 aliphatic rings. The zero-order chi connectivity index (χ0) is 12.3. The molecule has 0 aliphatic carbocycles. The number of nitrogens with zero attached hydrogens (tertiary/aromatic N) is 2. The molecule has 0 radical (unpaired) electrons. The molecule has 0 fully saturated rings. The summed E-state index contributed by atoms with van der Waals surface area (Å²) >= 11 is 0. The monoisotopic (exact) mass is 232 g/mol. The summed E-state index contributed by atoms with van der Waals surface area (Å²) in [7, 11) is 0. The highest BCUT2D eigenvalue weighted by Crippen LogP contribution is 2.08. The summed E-state index contributed by atoms with van der Waals surface area (Å²) < 4.78 is 14.6. The number of ketones is 1. The van der Waals surface area contributed by atoms with Crippen molar-refractivity contribution < 1.29 is 9.18 Å². The lowest BCUT2D eigenvalue weighted by atomic mass is 10.1. The molecule has 0 amide bonds. The van der Waals surface area contributed by atoms with Crippen LogP contribution in [0.1, 0.15) is 23.1 Å². The van der Waals surface area contributed by atoms with Crippen LogP contribution < -0.4 is 0 Å². The van der Waals surface area contributed by atoms with Gasteiger partial charge in [0.05, 0.1) is 6.42 Å². The molecule has 0 saturated carbocycles. The molecule has 0 spiro atoms. The molecule has 2 aromatic rings. The molecule has 0 saturated heterocycles. The van der Waals surface area contributed by atoms with E-state index < -0.39 is 0 Å². The molecule has 0 bridgehead atoms. The Morgan fingerprint density at radius 1 is 1.35 bits per heavy atom. The lowest BCUT2D eigenvalue weighted by Gasteiger charge is -2.04. The lowest BCUT2D eigenvalue weighted by Crippen LogP contribution is -2.09. The smallest absolute Gasteiger partial charge is 0.170 e. The molecule has 1 aromatic carbocycles. The van der Waals surface area contributed by atoms with E-state index in [9.17, 15) is 9.18 Å². The minimum atomic E-state index is -0.336. The number of hydrogen-bond donors (Lipinski definition) is 0. The van der Waals surface area contributed by atoms with Gasteiger partial charge in [-0.25, -0.2) is 9.37 Å². The first-order valence-corrected chi connectivity index (χ1v) is 5.49. The standard InChI is InChI=1S/C13H13FN2O/c1-2-16-8-7-15-13(16)9-12(17)10-3-5-11(14)6-4-10/h3-8H,2,9H2,1H3. The van der Waals surface area contributed by atoms with Crippen molar-refractivity contribution in [3.8, 4) is 0 Å². The molecule has 0 N–H and O–H groups in total. The predicted octanol–water partition coefficient (Wildman–Crippen LogP) is 2.47. The molecule has 2 rings (SSSR count). The van der Waals surface area contributed by atoms with Crippen molar-refractivity contribution in [1.82, 2.24) is 9.55 Å². The summed E-state index contributed by atoms with van der Waals surface area (Å²) in [5, 5.41) is 0. The van der Waals surface area contributed by atoms with Crippen LogP contribution in [-0.4, -0.2) is 15.3 Å². The highest BCUT2D eigenvalue weighted by atomic mass is 19.1. The Labute approximate surface area is 98.9 Å². The average molecular weight is 232 g/mol. The van der Waals surface area contributed by atoms with Crippen LogP contribution in [0.25, 0.3) is 0 Å². The van der Waals surface area contributed by atoms with Crippen molar-refractivity contribution in [3.05, 3.63) is 53.9 Å².